The lowest BCUT2D eigenvalue weighted by Crippen LogP contribution is -2.54. The second-order valence-corrected chi connectivity index (χ2v) is 19.1. The number of nitrogens with one attached hydrogen (secondary N) is 4. The van der Waals surface area contributed by atoms with Crippen molar-refractivity contribution in [3.63, 3.8) is 0 Å². The predicted molar refractivity (Wildman–Crippen MR) is 253 cm³/mol. The Kier molecular flexibility index (Phi) is 17.6. The van der Waals surface area contributed by atoms with Gasteiger partial charge in [-0.3, -0.25) is 19.2 Å². The molecule has 0 aromatic heterocycles. The number of anilines is 2. The van der Waals surface area contributed by atoms with E-state index < -0.39 is 30.3 Å². The average Bonchev–Trinajstić information content (AvgIpc) is 4.10. The fourth-order valence-corrected chi connectivity index (χ4v) is 9.37. The molecule has 3 fully saturated rings. The molecule has 14 heteroatoms. The Morgan fingerprint density at radius 2 is 1.11 bits per heavy atom. The maximum Gasteiger partial charge on any atom is 0.407 e. The molecule has 2 heterocycles. The van der Waals surface area contributed by atoms with Crippen molar-refractivity contribution in [1.82, 2.24) is 20.4 Å². The fraction of sp³-hybridized carbons (Fsp3) is 0.529. The predicted octanol–water partition coefficient (Wildman–Crippen LogP) is 8.30. The molecule has 2 saturated heterocycles. The first-order valence-corrected chi connectivity index (χ1v) is 23.1. The second-order valence-electron chi connectivity index (χ2n) is 19.1. The van der Waals surface area contributed by atoms with Crippen molar-refractivity contribution in [2.24, 2.45) is 11.8 Å². The molecule has 0 spiro atoms. The highest BCUT2D eigenvalue weighted by Gasteiger charge is 2.41. The van der Waals surface area contributed by atoms with E-state index in [0.29, 0.717) is 37.4 Å². The number of ether oxygens (including phenoxy) is 2. The van der Waals surface area contributed by atoms with Crippen LogP contribution in [0.3, 0.4) is 0 Å². The molecule has 2 aliphatic heterocycles. The van der Waals surface area contributed by atoms with Gasteiger partial charge in [-0.25, -0.2) is 9.59 Å². The van der Waals surface area contributed by atoms with Crippen LogP contribution in [0.15, 0.2) is 72.8 Å². The Hall–Kier alpha value is -5.92. The summed E-state index contributed by atoms with van der Waals surface area (Å²) in [7, 11) is 2.56. The smallest absolute Gasteiger partial charge is 0.407 e. The van der Waals surface area contributed by atoms with E-state index in [1.807, 2.05) is 52.0 Å². The Bertz CT molecular complexity index is 2080. The molecule has 3 aromatic rings. The van der Waals surface area contributed by atoms with Gasteiger partial charge >= 0.3 is 12.2 Å². The third-order valence-corrected chi connectivity index (χ3v) is 13.0. The number of amides is 6. The molecule has 4 unspecified atom stereocenters. The van der Waals surface area contributed by atoms with Crippen LogP contribution in [0.5, 0.6) is 0 Å². The first-order valence-electron chi connectivity index (χ1n) is 23.1. The monoisotopic (exact) mass is 895 g/mol. The molecule has 3 aliphatic rings. The van der Waals surface area contributed by atoms with Crippen LogP contribution in [0.1, 0.15) is 127 Å². The number of carbonyl (C=O) groups is 6. The molecule has 3 aromatic carbocycles. The molecule has 6 amide bonds. The van der Waals surface area contributed by atoms with Gasteiger partial charge in [0.2, 0.25) is 24.1 Å². The summed E-state index contributed by atoms with van der Waals surface area (Å²) < 4.78 is 9.24. The molecule has 352 valence electrons. The number of benzene rings is 3. The zero-order valence-electron chi connectivity index (χ0n) is 39.6. The van der Waals surface area contributed by atoms with Crippen LogP contribution in [-0.4, -0.2) is 98.1 Å². The zero-order chi connectivity index (χ0) is 47.4. The Balaban J connectivity index is 0.000000418. The highest BCUT2D eigenvalue weighted by Crippen LogP contribution is 2.54. The zero-order valence-corrected chi connectivity index (χ0v) is 39.6. The van der Waals surface area contributed by atoms with Gasteiger partial charge in [0.15, 0.2) is 0 Å². The molecule has 6 rings (SSSR count). The minimum absolute atomic E-state index is 0.00194. The molecule has 1 aliphatic carbocycles. The lowest BCUT2D eigenvalue weighted by Gasteiger charge is -2.30. The summed E-state index contributed by atoms with van der Waals surface area (Å²) in [6.45, 7) is 16.3. The highest BCUT2D eigenvalue weighted by atomic mass is 16.5. The number of hydrogen-bond donors (Lipinski definition) is 4. The third-order valence-electron chi connectivity index (χ3n) is 13.0. The van der Waals surface area contributed by atoms with Gasteiger partial charge in [-0.1, -0.05) is 97.0 Å². The summed E-state index contributed by atoms with van der Waals surface area (Å²) in [5, 5.41) is 11.0. The van der Waals surface area contributed by atoms with E-state index >= 15 is 0 Å². The van der Waals surface area contributed by atoms with E-state index in [2.05, 4.69) is 95.3 Å². The summed E-state index contributed by atoms with van der Waals surface area (Å²) in [5.41, 5.74) is 6.60. The van der Waals surface area contributed by atoms with Gasteiger partial charge in [0, 0.05) is 31.0 Å². The van der Waals surface area contributed by atoms with Gasteiger partial charge < -0.3 is 40.5 Å². The normalized spacial score (nSPS) is 20.3. The Labute approximate surface area is 384 Å². The fourth-order valence-electron chi connectivity index (χ4n) is 9.37. The van der Waals surface area contributed by atoms with Crippen LogP contribution in [0.25, 0.3) is 0 Å². The van der Waals surface area contributed by atoms with Gasteiger partial charge in [0.1, 0.15) is 18.1 Å². The van der Waals surface area contributed by atoms with Crippen LogP contribution in [0.2, 0.25) is 0 Å². The molecule has 0 radical (unpaired) electrons. The van der Waals surface area contributed by atoms with Gasteiger partial charge in [-0.15, -0.1) is 0 Å². The summed E-state index contributed by atoms with van der Waals surface area (Å²) in [6.07, 6.45) is 4.90. The number of nitrogens with zero attached hydrogens (tertiary/aromatic N) is 2. The number of methoxy groups -OCH3 is 2. The van der Waals surface area contributed by atoms with Crippen LogP contribution in [0, 0.1) is 11.8 Å². The lowest BCUT2D eigenvalue weighted by molar-refractivity contribution is -0.139. The third kappa shape index (κ3) is 12.9. The molecule has 4 N–H and O–H groups in total. The van der Waals surface area contributed by atoms with E-state index in [1.165, 1.54) is 36.5 Å². The van der Waals surface area contributed by atoms with E-state index in [4.69, 9.17) is 4.74 Å². The molecular formula is C51H70N6O8. The van der Waals surface area contributed by atoms with E-state index in [0.717, 1.165) is 44.5 Å². The van der Waals surface area contributed by atoms with E-state index in [1.54, 1.807) is 9.80 Å². The summed E-state index contributed by atoms with van der Waals surface area (Å²) >= 11 is 0. The van der Waals surface area contributed by atoms with Gasteiger partial charge in [0.05, 0.1) is 14.2 Å². The first-order chi connectivity index (χ1) is 31.0. The molecule has 0 bridgehead atoms. The maximum absolute atomic E-state index is 13.5. The van der Waals surface area contributed by atoms with E-state index in [9.17, 15) is 28.8 Å². The first kappa shape index (κ1) is 50.1. The number of rotatable bonds is 13. The molecular weight excluding hydrogens is 825 g/mol. The SMILES string of the molecule is COC(=O)NC(C(=O)N1CCCC1)C(C)C.COC(=O)N[C@H](C(=O)N1CCC[C@H]1C(=O)Nc1ccc(C2CCC(c3ccc(NC=O)cc3)C2c2ccc(C(C)(C)C)cc2)cc1)C(C)C. The second kappa shape index (κ2) is 22.8. The van der Waals surface area contributed by atoms with E-state index in [-0.39, 0.29) is 46.8 Å². The summed E-state index contributed by atoms with van der Waals surface area (Å²) in [4.78, 5) is 76.4. The maximum atomic E-state index is 13.5. The van der Waals surface area contributed by atoms with Gasteiger partial charge in [0.25, 0.3) is 0 Å². The lowest BCUT2D eigenvalue weighted by atomic mass is 9.76. The van der Waals surface area contributed by atoms with Crippen LogP contribution >= 0.6 is 0 Å². The van der Waals surface area contributed by atoms with Gasteiger partial charge in [-0.2, -0.15) is 0 Å². The molecule has 14 nitrogen and oxygen atoms in total. The summed E-state index contributed by atoms with van der Waals surface area (Å²) in [5.74, 6) is 0.225. The van der Waals surface area contributed by atoms with Crippen LogP contribution in [0.4, 0.5) is 21.0 Å². The van der Waals surface area contributed by atoms with Crippen molar-refractivity contribution < 1.29 is 38.2 Å². The molecule has 1 saturated carbocycles. The number of likely N-dealkylation sites (tertiary alicyclic amines) is 2. The number of carbonyl (C=O) groups excluding carboxylic acids is 6. The largest absolute Gasteiger partial charge is 0.453 e. The minimum Gasteiger partial charge on any atom is -0.453 e. The van der Waals surface area contributed by atoms with Gasteiger partial charge in [-0.05, 0) is 120 Å². The van der Waals surface area contributed by atoms with Crippen LogP contribution in [-0.2, 0) is 34.1 Å². The number of hydrogen-bond acceptors (Lipinski definition) is 8. The minimum atomic E-state index is -0.779. The van der Waals surface area contributed by atoms with Crippen molar-refractivity contribution >= 4 is 47.7 Å². The average molecular weight is 895 g/mol. The number of alkyl carbamates (subject to hydrolysis) is 2. The highest BCUT2D eigenvalue weighted by molar-refractivity contribution is 5.98. The van der Waals surface area contributed by atoms with Crippen molar-refractivity contribution in [2.45, 2.75) is 128 Å². The van der Waals surface area contributed by atoms with Crippen molar-refractivity contribution in [3.05, 3.63) is 95.1 Å². The van der Waals surface area contributed by atoms with Crippen LogP contribution < -0.4 is 21.3 Å². The molecule has 65 heavy (non-hydrogen) atoms. The Morgan fingerprint density at radius 3 is 1.57 bits per heavy atom. The Morgan fingerprint density at radius 1 is 0.631 bits per heavy atom. The molecule has 6 atom stereocenters. The van der Waals surface area contributed by atoms with Crippen molar-refractivity contribution in [1.29, 1.82) is 0 Å². The standard InChI is InChI=1S/C40H50N4O5.C11H20N2O3/c1-25(2)36(43-39(48)49-6)38(47)44-23-7-8-34(44)37(46)42-31-19-13-27(14-20-31)33-22-21-32(26-11-17-30(18-12-26)41-24-45)35(33)28-9-15-29(16-10-28)40(3,4)5;1-8(2)9(12-11(15)16-3)10(14)13-6-4-5-7-13/h9-20,24-25,32-36H,7-8,21-23H2,1-6H3,(H,41,45)(H,42,46)(H,43,48);8-9H,4-7H2,1-3H3,(H,12,15)/t32?,33?,34-,35?,36-;/m0./s1. The quantitative estimate of drug-likeness (QED) is 0.124. The van der Waals surface area contributed by atoms with Crippen molar-refractivity contribution in [2.75, 3.05) is 44.5 Å². The van der Waals surface area contributed by atoms with Crippen molar-refractivity contribution in [3.8, 4) is 0 Å². The summed E-state index contributed by atoms with van der Waals surface area (Å²) in [6, 6.07) is 23.5. The topological polar surface area (TPSA) is 175 Å².